The Hall–Kier alpha value is -1.56. The maximum atomic E-state index is 9.07. The SMILES string of the molecule is CNc1nc2c(cc1C#N)C(C)CCC2C. The molecule has 2 atom stereocenters. The summed E-state index contributed by atoms with van der Waals surface area (Å²) in [6.45, 7) is 4.43. The lowest BCUT2D eigenvalue weighted by atomic mass is 9.81. The first-order valence-electron chi connectivity index (χ1n) is 5.80. The minimum atomic E-state index is 0.506. The fourth-order valence-corrected chi connectivity index (χ4v) is 2.40. The minimum Gasteiger partial charge on any atom is -0.372 e. The lowest BCUT2D eigenvalue weighted by molar-refractivity contribution is 0.515. The number of hydrogen-bond donors (Lipinski definition) is 1. The molecule has 2 unspecified atom stereocenters. The average molecular weight is 215 g/mol. The molecule has 1 aromatic heterocycles. The van der Waals surface area contributed by atoms with Crippen molar-refractivity contribution in [1.29, 1.82) is 5.26 Å². The molecular weight excluding hydrogens is 198 g/mol. The van der Waals surface area contributed by atoms with Crippen LogP contribution in [0.15, 0.2) is 6.07 Å². The van der Waals surface area contributed by atoms with Crippen molar-refractivity contribution < 1.29 is 0 Å². The molecule has 0 spiro atoms. The number of nitrogens with zero attached hydrogens (tertiary/aromatic N) is 2. The van der Waals surface area contributed by atoms with Gasteiger partial charge in [0.1, 0.15) is 11.9 Å². The molecule has 1 N–H and O–H groups in total. The Morgan fingerprint density at radius 2 is 2.06 bits per heavy atom. The maximum Gasteiger partial charge on any atom is 0.143 e. The Morgan fingerprint density at radius 3 is 2.69 bits per heavy atom. The molecule has 0 aliphatic heterocycles. The standard InChI is InChI=1S/C13H17N3/c1-8-4-5-9(2)12-11(8)6-10(7-14)13(15-3)16-12/h6,8-9H,4-5H2,1-3H3,(H,15,16). The van der Waals surface area contributed by atoms with Gasteiger partial charge in [0.2, 0.25) is 0 Å². The number of nitriles is 1. The van der Waals surface area contributed by atoms with Crippen molar-refractivity contribution in [2.75, 3.05) is 12.4 Å². The largest absolute Gasteiger partial charge is 0.372 e. The van der Waals surface area contributed by atoms with Gasteiger partial charge in [-0.1, -0.05) is 13.8 Å². The van der Waals surface area contributed by atoms with Crippen LogP contribution in [0.2, 0.25) is 0 Å². The van der Waals surface area contributed by atoms with E-state index in [0.717, 1.165) is 0 Å². The number of nitrogens with one attached hydrogen (secondary N) is 1. The summed E-state index contributed by atoms with van der Waals surface area (Å²) in [5.74, 6) is 1.74. The van der Waals surface area contributed by atoms with Crippen molar-refractivity contribution in [1.82, 2.24) is 4.98 Å². The van der Waals surface area contributed by atoms with E-state index in [1.54, 1.807) is 0 Å². The molecule has 3 heteroatoms. The first kappa shape index (κ1) is 10.9. The first-order chi connectivity index (χ1) is 7.67. The molecule has 0 radical (unpaired) electrons. The van der Waals surface area contributed by atoms with E-state index in [-0.39, 0.29) is 0 Å². The monoisotopic (exact) mass is 215 g/mol. The lowest BCUT2D eigenvalue weighted by Gasteiger charge is -2.27. The highest BCUT2D eigenvalue weighted by molar-refractivity contribution is 5.55. The van der Waals surface area contributed by atoms with Crippen molar-refractivity contribution in [2.45, 2.75) is 38.5 Å². The first-order valence-corrected chi connectivity index (χ1v) is 5.80. The van der Waals surface area contributed by atoms with E-state index in [9.17, 15) is 0 Å². The molecule has 1 aromatic rings. The molecule has 1 heterocycles. The summed E-state index contributed by atoms with van der Waals surface area (Å²) in [5, 5.41) is 12.1. The van der Waals surface area contributed by atoms with Gasteiger partial charge >= 0.3 is 0 Å². The van der Waals surface area contributed by atoms with E-state index >= 15 is 0 Å². The number of rotatable bonds is 1. The van der Waals surface area contributed by atoms with Gasteiger partial charge in [0.15, 0.2) is 0 Å². The van der Waals surface area contributed by atoms with Gasteiger partial charge in [-0.15, -0.1) is 0 Å². The van der Waals surface area contributed by atoms with E-state index in [1.807, 2.05) is 13.1 Å². The van der Waals surface area contributed by atoms with Crippen molar-refractivity contribution in [2.24, 2.45) is 0 Å². The third kappa shape index (κ3) is 1.65. The molecule has 0 saturated heterocycles. The van der Waals surface area contributed by atoms with Gasteiger partial charge in [-0.05, 0) is 36.3 Å². The van der Waals surface area contributed by atoms with Crippen LogP contribution < -0.4 is 5.32 Å². The molecule has 0 amide bonds. The molecule has 84 valence electrons. The molecular formula is C13H17N3. The second kappa shape index (κ2) is 4.13. The number of pyridine rings is 1. The Balaban J connectivity index is 2.59. The Labute approximate surface area is 96.5 Å². The van der Waals surface area contributed by atoms with Gasteiger partial charge in [0.25, 0.3) is 0 Å². The second-order valence-electron chi connectivity index (χ2n) is 4.60. The van der Waals surface area contributed by atoms with Crippen LogP contribution in [-0.4, -0.2) is 12.0 Å². The third-order valence-corrected chi connectivity index (χ3v) is 3.47. The van der Waals surface area contributed by atoms with Crippen LogP contribution >= 0.6 is 0 Å². The zero-order valence-electron chi connectivity index (χ0n) is 10.0. The van der Waals surface area contributed by atoms with Crippen LogP contribution in [0.4, 0.5) is 5.82 Å². The third-order valence-electron chi connectivity index (χ3n) is 3.47. The minimum absolute atomic E-state index is 0.506. The lowest BCUT2D eigenvalue weighted by Crippen LogP contribution is -2.14. The van der Waals surface area contributed by atoms with Gasteiger partial charge in [0.05, 0.1) is 5.56 Å². The fourth-order valence-electron chi connectivity index (χ4n) is 2.40. The molecule has 3 nitrogen and oxygen atoms in total. The Bertz CT molecular complexity index is 445. The quantitative estimate of drug-likeness (QED) is 0.783. The maximum absolute atomic E-state index is 9.07. The van der Waals surface area contributed by atoms with Gasteiger partial charge < -0.3 is 5.32 Å². The van der Waals surface area contributed by atoms with Gasteiger partial charge in [-0.25, -0.2) is 4.98 Å². The van der Waals surface area contributed by atoms with Crippen molar-refractivity contribution in [3.63, 3.8) is 0 Å². The van der Waals surface area contributed by atoms with Crippen LogP contribution in [0.1, 0.15) is 55.3 Å². The number of aromatic nitrogens is 1. The molecule has 0 fully saturated rings. The summed E-state index contributed by atoms with van der Waals surface area (Å²) in [7, 11) is 1.81. The summed E-state index contributed by atoms with van der Waals surface area (Å²) in [4.78, 5) is 4.60. The molecule has 0 aromatic carbocycles. The van der Waals surface area contributed by atoms with Crippen molar-refractivity contribution >= 4 is 5.82 Å². The van der Waals surface area contributed by atoms with E-state index in [0.29, 0.717) is 23.2 Å². The van der Waals surface area contributed by atoms with Gasteiger partial charge in [0, 0.05) is 12.7 Å². The highest BCUT2D eigenvalue weighted by Gasteiger charge is 2.24. The smallest absolute Gasteiger partial charge is 0.143 e. The zero-order chi connectivity index (χ0) is 11.7. The summed E-state index contributed by atoms with van der Waals surface area (Å²) in [6, 6.07) is 4.22. The molecule has 1 aliphatic rings. The molecule has 0 saturated carbocycles. The Morgan fingerprint density at radius 1 is 1.38 bits per heavy atom. The van der Waals surface area contributed by atoms with Crippen LogP contribution in [0, 0.1) is 11.3 Å². The van der Waals surface area contributed by atoms with Crippen LogP contribution in [0.25, 0.3) is 0 Å². The highest BCUT2D eigenvalue weighted by Crippen LogP contribution is 2.38. The normalized spacial score (nSPS) is 23.4. The summed E-state index contributed by atoms with van der Waals surface area (Å²) < 4.78 is 0. The zero-order valence-corrected chi connectivity index (χ0v) is 10.0. The van der Waals surface area contributed by atoms with Crippen LogP contribution in [-0.2, 0) is 0 Å². The second-order valence-corrected chi connectivity index (χ2v) is 4.60. The predicted molar refractivity (Wildman–Crippen MR) is 64.6 cm³/mol. The van der Waals surface area contributed by atoms with Crippen molar-refractivity contribution in [3.8, 4) is 6.07 Å². The number of anilines is 1. The highest BCUT2D eigenvalue weighted by atomic mass is 15.0. The van der Waals surface area contributed by atoms with Gasteiger partial charge in [-0.2, -0.15) is 5.26 Å². The van der Waals surface area contributed by atoms with E-state index in [4.69, 9.17) is 5.26 Å². The topological polar surface area (TPSA) is 48.7 Å². The van der Waals surface area contributed by atoms with Crippen LogP contribution in [0.3, 0.4) is 0 Å². The number of hydrogen-bond acceptors (Lipinski definition) is 3. The molecule has 1 aliphatic carbocycles. The fraction of sp³-hybridized carbons (Fsp3) is 0.538. The summed E-state index contributed by atoms with van der Waals surface area (Å²) >= 11 is 0. The summed E-state index contributed by atoms with van der Waals surface area (Å²) in [5.41, 5.74) is 3.08. The average Bonchev–Trinajstić information content (AvgIpc) is 2.32. The van der Waals surface area contributed by atoms with E-state index in [1.165, 1.54) is 24.1 Å². The number of fused-ring (bicyclic) bond motifs is 1. The van der Waals surface area contributed by atoms with Gasteiger partial charge in [-0.3, -0.25) is 0 Å². The van der Waals surface area contributed by atoms with Crippen molar-refractivity contribution in [3.05, 3.63) is 22.9 Å². The Kier molecular flexibility index (Phi) is 2.82. The summed E-state index contributed by atoms with van der Waals surface area (Å²) in [6.07, 6.45) is 2.38. The van der Waals surface area contributed by atoms with E-state index < -0.39 is 0 Å². The predicted octanol–water partition coefficient (Wildman–Crippen LogP) is 3.00. The molecule has 0 bridgehead atoms. The van der Waals surface area contributed by atoms with Crippen LogP contribution in [0.5, 0.6) is 0 Å². The molecule has 2 rings (SSSR count). The van der Waals surface area contributed by atoms with E-state index in [2.05, 4.69) is 30.2 Å². The molecule has 16 heavy (non-hydrogen) atoms.